The molecule has 0 N–H and O–H groups in total. The third kappa shape index (κ3) is 6.14. The van der Waals surface area contributed by atoms with Crippen molar-refractivity contribution in [2.24, 2.45) is 0 Å². The van der Waals surface area contributed by atoms with E-state index in [0.29, 0.717) is 49.8 Å². The molecule has 2 aromatic carbocycles. The van der Waals surface area contributed by atoms with Crippen LogP contribution in [0.15, 0.2) is 48.5 Å². The molecule has 1 saturated heterocycles. The average Bonchev–Trinajstić information content (AvgIpc) is 2.78. The van der Waals surface area contributed by atoms with E-state index in [2.05, 4.69) is 0 Å². The van der Waals surface area contributed by atoms with Crippen molar-refractivity contribution in [3.8, 4) is 11.5 Å². The van der Waals surface area contributed by atoms with Crippen LogP contribution >= 0.6 is 11.6 Å². The van der Waals surface area contributed by atoms with E-state index >= 15 is 0 Å². The molecule has 0 saturated carbocycles. The molecule has 166 valence electrons. The number of rotatable bonds is 7. The van der Waals surface area contributed by atoms with Gasteiger partial charge in [0.05, 0.1) is 7.11 Å². The first-order valence-corrected chi connectivity index (χ1v) is 10.8. The fourth-order valence-corrected chi connectivity index (χ4v) is 3.71. The first kappa shape index (κ1) is 22.9. The molecule has 1 fully saturated rings. The van der Waals surface area contributed by atoms with Gasteiger partial charge in [0.1, 0.15) is 11.5 Å². The van der Waals surface area contributed by atoms with Crippen LogP contribution in [0.25, 0.3) is 0 Å². The lowest BCUT2D eigenvalue weighted by molar-refractivity contribution is -0.149. The molecule has 1 aliphatic heterocycles. The highest BCUT2D eigenvalue weighted by Crippen LogP contribution is 2.23. The monoisotopic (exact) mass is 444 g/mol. The standard InChI is InChI=1S/C24H29ClN2O4/c1-24(2,31-21-11-7-19(25)8-12-21)23(29)27-16-14-26(15-17-27)22(28)13-6-18-4-9-20(30-3)10-5-18/h4-5,7-12H,6,13-17H2,1-3H3. The second-order valence-corrected chi connectivity index (χ2v) is 8.52. The van der Waals surface area contributed by atoms with Gasteiger partial charge in [0.15, 0.2) is 5.60 Å². The minimum atomic E-state index is -1.01. The van der Waals surface area contributed by atoms with Crippen molar-refractivity contribution in [2.75, 3.05) is 33.3 Å². The number of piperazine rings is 1. The normalized spacial score (nSPS) is 14.3. The number of carbonyl (C=O) groups is 2. The van der Waals surface area contributed by atoms with E-state index in [9.17, 15) is 9.59 Å². The number of methoxy groups -OCH3 is 1. The molecule has 6 nitrogen and oxygen atoms in total. The summed E-state index contributed by atoms with van der Waals surface area (Å²) >= 11 is 5.91. The van der Waals surface area contributed by atoms with Crippen LogP contribution < -0.4 is 9.47 Å². The molecule has 0 aliphatic carbocycles. The molecule has 0 atom stereocenters. The van der Waals surface area contributed by atoms with Crippen molar-refractivity contribution in [2.45, 2.75) is 32.3 Å². The van der Waals surface area contributed by atoms with Crippen LogP contribution in [0, 0.1) is 0 Å². The summed E-state index contributed by atoms with van der Waals surface area (Å²) < 4.78 is 11.1. The summed E-state index contributed by atoms with van der Waals surface area (Å²) in [6, 6.07) is 14.7. The van der Waals surface area contributed by atoms with Gasteiger partial charge in [-0.15, -0.1) is 0 Å². The van der Waals surface area contributed by atoms with E-state index < -0.39 is 5.60 Å². The van der Waals surface area contributed by atoms with Crippen molar-refractivity contribution in [1.82, 2.24) is 9.80 Å². The SMILES string of the molecule is COc1ccc(CCC(=O)N2CCN(C(=O)C(C)(C)Oc3ccc(Cl)cc3)CC2)cc1. The van der Waals surface area contributed by atoms with Crippen LogP contribution in [0.1, 0.15) is 25.8 Å². The van der Waals surface area contributed by atoms with Gasteiger partial charge in [0.25, 0.3) is 5.91 Å². The molecule has 0 radical (unpaired) electrons. The second-order valence-electron chi connectivity index (χ2n) is 8.09. The van der Waals surface area contributed by atoms with Gasteiger partial charge in [-0.05, 0) is 62.2 Å². The van der Waals surface area contributed by atoms with Gasteiger partial charge in [-0.1, -0.05) is 23.7 Å². The van der Waals surface area contributed by atoms with E-state index in [4.69, 9.17) is 21.1 Å². The lowest BCUT2D eigenvalue weighted by Gasteiger charge is -2.38. The predicted molar refractivity (Wildman–Crippen MR) is 121 cm³/mol. The molecule has 0 aromatic heterocycles. The predicted octanol–water partition coefficient (Wildman–Crippen LogP) is 3.81. The van der Waals surface area contributed by atoms with Gasteiger partial charge in [-0.3, -0.25) is 9.59 Å². The molecule has 0 spiro atoms. The van der Waals surface area contributed by atoms with Crippen molar-refractivity contribution in [3.63, 3.8) is 0 Å². The quantitative estimate of drug-likeness (QED) is 0.651. The summed E-state index contributed by atoms with van der Waals surface area (Å²) in [5.41, 5.74) is 0.0954. The number of ether oxygens (including phenoxy) is 2. The maximum Gasteiger partial charge on any atom is 0.266 e. The molecular weight excluding hydrogens is 416 g/mol. The van der Waals surface area contributed by atoms with Crippen molar-refractivity contribution in [3.05, 3.63) is 59.1 Å². The molecule has 0 unspecified atom stereocenters. The van der Waals surface area contributed by atoms with Crippen molar-refractivity contribution in [1.29, 1.82) is 0 Å². The largest absolute Gasteiger partial charge is 0.497 e. The first-order chi connectivity index (χ1) is 14.8. The highest BCUT2D eigenvalue weighted by atomic mass is 35.5. The molecule has 1 heterocycles. The lowest BCUT2D eigenvalue weighted by atomic mass is 10.1. The van der Waals surface area contributed by atoms with Crippen LogP contribution in [-0.4, -0.2) is 60.5 Å². The maximum absolute atomic E-state index is 13.0. The molecule has 2 aromatic rings. The van der Waals surface area contributed by atoms with Gasteiger partial charge >= 0.3 is 0 Å². The summed E-state index contributed by atoms with van der Waals surface area (Å²) in [6.45, 7) is 5.59. The van der Waals surface area contributed by atoms with Crippen molar-refractivity contribution < 1.29 is 19.1 Å². The van der Waals surface area contributed by atoms with Gasteiger partial charge in [0, 0.05) is 37.6 Å². The average molecular weight is 445 g/mol. The van der Waals surface area contributed by atoms with Crippen LogP contribution in [0.2, 0.25) is 5.02 Å². The highest BCUT2D eigenvalue weighted by Gasteiger charge is 2.36. The highest BCUT2D eigenvalue weighted by molar-refractivity contribution is 6.30. The number of carbonyl (C=O) groups excluding carboxylic acids is 2. The number of benzene rings is 2. The fraction of sp³-hybridized carbons (Fsp3) is 0.417. The zero-order valence-electron chi connectivity index (χ0n) is 18.3. The number of halogens is 1. The minimum Gasteiger partial charge on any atom is -0.497 e. The summed E-state index contributed by atoms with van der Waals surface area (Å²) in [7, 11) is 1.63. The number of hydrogen-bond acceptors (Lipinski definition) is 4. The summed E-state index contributed by atoms with van der Waals surface area (Å²) in [4.78, 5) is 29.2. The smallest absolute Gasteiger partial charge is 0.266 e. The molecule has 3 rings (SSSR count). The third-order valence-electron chi connectivity index (χ3n) is 5.41. The Bertz CT molecular complexity index is 889. The van der Waals surface area contributed by atoms with E-state index in [1.165, 1.54) is 0 Å². The van der Waals surface area contributed by atoms with Crippen LogP contribution in [-0.2, 0) is 16.0 Å². The maximum atomic E-state index is 13.0. The number of amides is 2. The van der Waals surface area contributed by atoms with Crippen LogP contribution in [0.4, 0.5) is 0 Å². The first-order valence-electron chi connectivity index (χ1n) is 10.4. The Balaban J connectivity index is 1.47. The number of aryl methyl sites for hydroxylation is 1. The van der Waals surface area contributed by atoms with Gasteiger partial charge in [-0.25, -0.2) is 0 Å². The molecule has 2 amide bonds. The molecular formula is C24H29ClN2O4. The third-order valence-corrected chi connectivity index (χ3v) is 5.66. The Morgan fingerprint density at radius 2 is 1.45 bits per heavy atom. The zero-order chi connectivity index (χ0) is 22.4. The fourth-order valence-electron chi connectivity index (χ4n) is 3.58. The molecule has 0 bridgehead atoms. The zero-order valence-corrected chi connectivity index (χ0v) is 19.0. The van der Waals surface area contributed by atoms with Gasteiger partial charge in [0.2, 0.25) is 5.91 Å². The van der Waals surface area contributed by atoms with E-state index in [1.807, 2.05) is 29.2 Å². The Labute approximate surface area is 188 Å². The lowest BCUT2D eigenvalue weighted by Crippen LogP contribution is -2.56. The topological polar surface area (TPSA) is 59.1 Å². The summed E-state index contributed by atoms with van der Waals surface area (Å²) in [6.07, 6.45) is 1.13. The van der Waals surface area contributed by atoms with Crippen molar-refractivity contribution >= 4 is 23.4 Å². The summed E-state index contributed by atoms with van der Waals surface area (Å²) in [5, 5.41) is 0.615. The Kier molecular flexibility index (Phi) is 7.44. The minimum absolute atomic E-state index is 0.0900. The van der Waals surface area contributed by atoms with Crippen LogP contribution in [0.5, 0.6) is 11.5 Å². The molecule has 7 heteroatoms. The Hall–Kier alpha value is -2.73. The van der Waals surface area contributed by atoms with Gasteiger partial charge in [-0.2, -0.15) is 0 Å². The van der Waals surface area contributed by atoms with Crippen LogP contribution in [0.3, 0.4) is 0 Å². The second kappa shape index (κ2) is 10.1. The summed E-state index contributed by atoms with van der Waals surface area (Å²) in [5.74, 6) is 1.42. The van der Waals surface area contributed by atoms with Gasteiger partial charge < -0.3 is 19.3 Å². The Morgan fingerprint density at radius 1 is 0.903 bits per heavy atom. The Morgan fingerprint density at radius 3 is 2.03 bits per heavy atom. The van der Waals surface area contributed by atoms with E-state index in [1.54, 1.807) is 50.1 Å². The molecule has 1 aliphatic rings. The number of nitrogens with zero attached hydrogens (tertiary/aromatic N) is 2. The van der Waals surface area contributed by atoms with E-state index in [0.717, 1.165) is 11.3 Å². The van der Waals surface area contributed by atoms with E-state index in [-0.39, 0.29) is 11.8 Å². The number of hydrogen-bond donors (Lipinski definition) is 0. The molecule has 31 heavy (non-hydrogen) atoms.